The minimum atomic E-state index is -0.999. The van der Waals surface area contributed by atoms with Crippen molar-refractivity contribution in [3.63, 3.8) is 0 Å². The van der Waals surface area contributed by atoms with Crippen molar-refractivity contribution < 1.29 is 14.7 Å². The molecule has 24 heavy (non-hydrogen) atoms. The Bertz CT molecular complexity index is 719. The van der Waals surface area contributed by atoms with Crippen LogP contribution in [0.3, 0.4) is 0 Å². The van der Waals surface area contributed by atoms with Crippen molar-refractivity contribution in [2.75, 3.05) is 0 Å². The van der Waals surface area contributed by atoms with Gasteiger partial charge in [0.25, 0.3) is 5.91 Å². The van der Waals surface area contributed by atoms with E-state index in [9.17, 15) is 9.59 Å². The molecule has 0 saturated carbocycles. The predicted molar refractivity (Wildman–Crippen MR) is 85.3 cm³/mol. The minimum Gasteiger partial charge on any atom is -0.480 e. The summed E-state index contributed by atoms with van der Waals surface area (Å²) in [5, 5.41) is 23.3. The minimum absolute atomic E-state index is 0.178. The molecule has 0 spiro atoms. The molecule has 0 aliphatic rings. The van der Waals surface area contributed by atoms with Gasteiger partial charge in [0.15, 0.2) is 0 Å². The first kappa shape index (κ1) is 17.6. The molecule has 0 unspecified atom stereocenters. The third-order valence-corrected chi connectivity index (χ3v) is 3.38. The molecule has 2 aromatic rings. The second-order valence-electron chi connectivity index (χ2n) is 5.92. The summed E-state index contributed by atoms with van der Waals surface area (Å²) in [5.41, 5.74) is 1.95. The number of nitrogens with zero attached hydrogens (tertiary/aromatic N) is 5. The predicted octanol–water partition coefficient (Wildman–Crippen LogP) is 0.708. The van der Waals surface area contributed by atoms with E-state index in [0.29, 0.717) is 23.6 Å². The molecule has 9 nitrogen and oxygen atoms in total. The van der Waals surface area contributed by atoms with Gasteiger partial charge in [-0.3, -0.25) is 14.3 Å². The number of carboxylic acid groups (broad SMARTS) is 1. The van der Waals surface area contributed by atoms with Gasteiger partial charge in [0.2, 0.25) is 0 Å². The fraction of sp³-hybridized carbons (Fsp3) is 0.533. The van der Waals surface area contributed by atoms with Gasteiger partial charge in [0.05, 0.1) is 30.2 Å². The Hall–Kier alpha value is -2.71. The van der Waals surface area contributed by atoms with Crippen molar-refractivity contribution in [3.8, 4) is 0 Å². The molecule has 2 N–H and O–H groups in total. The van der Waals surface area contributed by atoms with Crippen LogP contribution in [0.5, 0.6) is 0 Å². The summed E-state index contributed by atoms with van der Waals surface area (Å²) in [6.45, 7) is 6.87. The second kappa shape index (κ2) is 7.71. The average molecular weight is 334 g/mol. The largest absolute Gasteiger partial charge is 0.480 e. The van der Waals surface area contributed by atoms with Crippen LogP contribution in [0, 0.1) is 5.92 Å². The van der Waals surface area contributed by atoms with E-state index in [-0.39, 0.29) is 19.0 Å². The number of aliphatic carboxylic acids is 1. The Labute approximate surface area is 139 Å². The van der Waals surface area contributed by atoms with E-state index in [2.05, 4.69) is 34.6 Å². The quantitative estimate of drug-likeness (QED) is 0.734. The van der Waals surface area contributed by atoms with E-state index in [4.69, 9.17) is 5.11 Å². The maximum Gasteiger partial charge on any atom is 0.325 e. The topological polar surface area (TPSA) is 115 Å². The number of nitrogens with one attached hydrogen (secondary N) is 1. The molecular weight excluding hydrogens is 312 g/mol. The maximum absolute atomic E-state index is 12.4. The lowest BCUT2D eigenvalue weighted by Gasteiger charge is -2.10. The molecule has 0 aliphatic heterocycles. The molecule has 0 fully saturated rings. The highest BCUT2D eigenvalue weighted by Crippen LogP contribution is 2.12. The summed E-state index contributed by atoms with van der Waals surface area (Å²) in [6.07, 6.45) is 3.79. The lowest BCUT2D eigenvalue weighted by Crippen LogP contribution is -2.24. The van der Waals surface area contributed by atoms with Crippen LogP contribution in [0.2, 0.25) is 0 Å². The first-order valence-corrected chi connectivity index (χ1v) is 7.84. The van der Waals surface area contributed by atoms with Crippen molar-refractivity contribution >= 4 is 11.9 Å². The summed E-state index contributed by atoms with van der Waals surface area (Å²) in [5.74, 6) is -0.786. The summed E-state index contributed by atoms with van der Waals surface area (Å²) >= 11 is 0. The molecular formula is C15H22N6O3. The van der Waals surface area contributed by atoms with Gasteiger partial charge in [0, 0.05) is 6.54 Å². The van der Waals surface area contributed by atoms with Crippen molar-refractivity contribution in [3.05, 3.63) is 29.3 Å². The van der Waals surface area contributed by atoms with Gasteiger partial charge >= 0.3 is 5.97 Å². The Kier molecular flexibility index (Phi) is 5.67. The van der Waals surface area contributed by atoms with Gasteiger partial charge in [-0.2, -0.15) is 5.10 Å². The molecule has 0 atom stereocenters. The molecule has 9 heteroatoms. The zero-order chi connectivity index (χ0) is 17.7. The van der Waals surface area contributed by atoms with Crippen LogP contribution in [0.1, 0.15) is 42.5 Å². The van der Waals surface area contributed by atoms with Crippen LogP contribution < -0.4 is 5.32 Å². The van der Waals surface area contributed by atoms with E-state index in [1.165, 1.54) is 10.9 Å². The number of carbonyl (C=O) groups is 2. The Balaban J connectivity index is 2.01. The van der Waals surface area contributed by atoms with Gasteiger partial charge in [0.1, 0.15) is 12.2 Å². The van der Waals surface area contributed by atoms with Gasteiger partial charge in [-0.15, -0.1) is 5.10 Å². The molecule has 0 radical (unpaired) electrons. The Morgan fingerprint density at radius 2 is 2.12 bits per heavy atom. The number of aromatic nitrogens is 5. The summed E-state index contributed by atoms with van der Waals surface area (Å²) in [7, 11) is 0. The fourth-order valence-corrected chi connectivity index (χ4v) is 2.38. The van der Waals surface area contributed by atoms with Crippen molar-refractivity contribution in [2.45, 2.75) is 46.8 Å². The maximum atomic E-state index is 12.4. The molecule has 130 valence electrons. The number of hydrogen-bond acceptors (Lipinski definition) is 5. The Morgan fingerprint density at radius 1 is 1.38 bits per heavy atom. The highest BCUT2D eigenvalue weighted by Gasteiger charge is 2.17. The lowest BCUT2D eigenvalue weighted by atomic mass is 10.1. The van der Waals surface area contributed by atoms with Crippen LogP contribution in [0.25, 0.3) is 0 Å². The lowest BCUT2D eigenvalue weighted by molar-refractivity contribution is -0.137. The van der Waals surface area contributed by atoms with Gasteiger partial charge in [-0.25, -0.2) is 4.68 Å². The molecule has 2 heterocycles. The third kappa shape index (κ3) is 4.40. The molecule has 0 aromatic carbocycles. The van der Waals surface area contributed by atoms with E-state index in [0.717, 1.165) is 12.2 Å². The highest BCUT2D eigenvalue weighted by atomic mass is 16.4. The van der Waals surface area contributed by atoms with Crippen LogP contribution in [0.15, 0.2) is 12.4 Å². The van der Waals surface area contributed by atoms with Gasteiger partial charge < -0.3 is 10.4 Å². The van der Waals surface area contributed by atoms with E-state index in [1.54, 1.807) is 6.20 Å². The van der Waals surface area contributed by atoms with Crippen LogP contribution in [-0.4, -0.2) is 41.8 Å². The first-order chi connectivity index (χ1) is 11.4. The highest BCUT2D eigenvalue weighted by molar-refractivity contribution is 5.95. The zero-order valence-electron chi connectivity index (χ0n) is 14.1. The van der Waals surface area contributed by atoms with Gasteiger partial charge in [-0.1, -0.05) is 26.0 Å². The second-order valence-corrected chi connectivity index (χ2v) is 5.92. The molecule has 0 aliphatic carbocycles. The Morgan fingerprint density at radius 3 is 2.75 bits per heavy atom. The number of amides is 1. The SMILES string of the molecule is CCc1c(C(=O)NCc2cn(CC(=O)O)nn2)cnn1CC(C)C. The van der Waals surface area contributed by atoms with Crippen molar-refractivity contribution in [1.29, 1.82) is 0 Å². The fourth-order valence-electron chi connectivity index (χ4n) is 2.38. The van der Waals surface area contributed by atoms with Crippen LogP contribution in [0.4, 0.5) is 0 Å². The smallest absolute Gasteiger partial charge is 0.325 e. The van der Waals surface area contributed by atoms with Gasteiger partial charge in [-0.05, 0) is 12.3 Å². The summed E-state index contributed by atoms with van der Waals surface area (Å²) < 4.78 is 3.07. The van der Waals surface area contributed by atoms with E-state index >= 15 is 0 Å². The normalized spacial score (nSPS) is 11.0. The monoisotopic (exact) mass is 334 g/mol. The first-order valence-electron chi connectivity index (χ1n) is 7.84. The van der Waals surface area contributed by atoms with E-state index < -0.39 is 5.97 Å². The molecule has 2 rings (SSSR count). The average Bonchev–Trinajstić information content (AvgIpc) is 3.10. The number of carbonyl (C=O) groups excluding carboxylic acids is 1. The number of hydrogen-bond donors (Lipinski definition) is 2. The molecule has 0 bridgehead atoms. The van der Waals surface area contributed by atoms with Crippen LogP contribution >= 0.6 is 0 Å². The summed E-state index contributed by atoms with van der Waals surface area (Å²) in [4.78, 5) is 23.0. The zero-order valence-corrected chi connectivity index (χ0v) is 14.1. The molecule has 1 amide bonds. The van der Waals surface area contributed by atoms with Crippen LogP contribution in [-0.2, 0) is 30.8 Å². The number of carboxylic acids is 1. The standard InChI is InChI=1S/C15H22N6O3/c1-4-13-12(6-17-21(13)7-10(2)3)15(24)16-5-11-8-20(19-18-11)9-14(22)23/h6,8,10H,4-5,7,9H2,1-3H3,(H,16,24)(H,22,23). The molecule has 0 saturated heterocycles. The van der Waals surface area contributed by atoms with E-state index in [1.807, 2.05) is 11.6 Å². The molecule has 2 aromatic heterocycles. The third-order valence-electron chi connectivity index (χ3n) is 3.38. The summed E-state index contributed by atoms with van der Waals surface area (Å²) in [6, 6.07) is 0. The number of rotatable bonds is 8. The van der Waals surface area contributed by atoms with Crippen molar-refractivity contribution in [1.82, 2.24) is 30.1 Å². The van der Waals surface area contributed by atoms with Crippen molar-refractivity contribution in [2.24, 2.45) is 5.92 Å².